The molecule has 76 valence electrons. The van der Waals surface area contributed by atoms with Crippen LogP contribution >= 0.6 is 10.7 Å². The maximum Gasteiger partial charge on any atom is 0.261 e. The van der Waals surface area contributed by atoms with Gasteiger partial charge in [-0.2, -0.15) is 0 Å². The summed E-state index contributed by atoms with van der Waals surface area (Å²) in [5.74, 6) is 0. The first-order chi connectivity index (χ1) is 6.55. The maximum absolute atomic E-state index is 11.1. The van der Waals surface area contributed by atoms with Crippen molar-refractivity contribution in [2.75, 3.05) is 7.11 Å². The third-order valence-corrected chi connectivity index (χ3v) is 2.87. The summed E-state index contributed by atoms with van der Waals surface area (Å²) in [6.45, 7) is 0. The van der Waals surface area contributed by atoms with E-state index in [0.29, 0.717) is 5.56 Å². The van der Waals surface area contributed by atoms with Crippen LogP contribution in [0.3, 0.4) is 0 Å². The summed E-state index contributed by atoms with van der Waals surface area (Å²) >= 11 is 0. The first-order valence-corrected chi connectivity index (χ1v) is 5.97. The van der Waals surface area contributed by atoms with Crippen LogP contribution < -0.4 is 0 Å². The van der Waals surface area contributed by atoms with Crippen molar-refractivity contribution in [1.29, 1.82) is 0 Å². The molecule has 0 saturated heterocycles. The molecule has 0 aliphatic rings. The molecule has 14 heavy (non-hydrogen) atoms. The fourth-order valence-corrected chi connectivity index (χ4v) is 1.98. The Bertz CT molecular complexity index is 442. The Morgan fingerprint density at radius 3 is 2.64 bits per heavy atom. The second-order valence-electron chi connectivity index (χ2n) is 2.39. The molecule has 0 aliphatic heterocycles. The number of nitrogens with zero attached hydrogens (tertiary/aromatic N) is 1. The predicted molar refractivity (Wildman–Crippen MR) is 54.1 cm³/mol. The molecule has 1 aromatic carbocycles. The number of hydrogen-bond acceptors (Lipinski definition) is 4. The molecule has 0 N–H and O–H groups in total. The summed E-state index contributed by atoms with van der Waals surface area (Å²) in [6.07, 6.45) is 1.29. The van der Waals surface area contributed by atoms with E-state index in [1.807, 2.05) is 0 Å². The van der Waals surface area contributed by atoms with E-state index in [0.717, 1.165) is 0 Å². The van der Waals surface area contributed by atoms with Crippen molar-refractivity contribution >= 4 is 25.9 Å². The van der Waals surface area contributed by atoms with Crippen LogP contribution in [0.1, 0.15) is 5.56 Å². The van der Waals surface area contributed by atoms with Crippen LogP contribution in [0.25, 0.3) is 0 Å². The monoisotopic (exact) mass is 233 g/mol. The summed E-state index contributed by atoms with van der Waals surface area (Å²) in [4.78, 5) is 4.46. The Labute approximate surface area is 86.6 Å². The molecule has 0 saturated carbocycles. The van der Waals surface area contributed by atoms with Gasteiger partial charge in [0.15, 0.2) is 0 Å². The fourth-order valence-electron chi connectivity index (χ4n) is 0.919. The van der Waals surface area contributed by atoms with Gasteiger partial charge in [-0.05, 0) is 6.07 Å². The summed E-state index contributed by atoms with van der Waals surface area (Å²) in [5.41, 5.74) is 0.393. The van der Waals surface area contributed by atoms with Crippen LogP contribution in [0.5, 0.6) is 0 Å². The van der Waals surface area contributed by atoms with Gasteiger partial charge in [0, 0.05) is 16.2 Å². The van der Waals surface area contributed by atoms with Crippen LogP contribution in [-0.4, -0.2) is 21.7 Å². The number of benzene rings is 1. The van der Waals surface area contributed by atoms with Gasteiger partial charge in [-0.3, -0.25) is 0 Å². The molecule has 0 aromatic heterocycles. The largest absolute Gasteiger partial charge is 0.399 e. The number of hydrogen-bond donors (Lipinski definition) is 0. The molecular formula is C8H8ClNO3S. The molecule has 6 heteroatoms. The van der Waals surface area contributed by atoms with E-state index < -0.39 is 9.05 Å². The van der Waals surface area contributed by atoms with E-state index in [2.05, 4.69) is 9.99 Å². The summed E-state index contributed by atoms with van der Waals surface area (Å²) in [7, 11) is 2.84. The second-order valence-corrected chi connectivity index (χ2v) is 4.93. The number of oxime groups is 1. The standard InChI is InChI=1S/C8H8ClNO3S/c1-13-10-6-7-4-2-3-5-8(7)14(9,11)12/h2-6H,1H3/b10-6+. The first-order valence-electron chi connectivity index (χ1n) is 3.66. The fraction of sp³-hybridized carbons (Fsp3) is 0.125. The zero-order chi connectivity index (χ0) is 10.6. The lowest BCUT2D eigenvalue weighted by Crippen LogP contribution is -1.96. The van der Waals surface area contributed by atoms with E-state index >= 15 is 0 Å². The Hall–Kier alpha value is -1.07. The van der Waals surface area contributed by atoms with Gasteiger partial charge in [-0.25, -0.2) is 8.42 Å². The molecular weight excluding hydrogens is 226 g/mol. The molecule has 0 unspecified atom stereocenters. The van der Waals surface area contributed by atoms with Crippen molar-refractivity contribution in [1.82, 2.24) is 0 Å². The van der Waals surface area contributed by atoms with Crippen LogP contribution in [-0.2, 0) is 13.9 Å². The zero-order valence-corrected chi connectivity index (χ0v) is 8.92. The average molecular weight is 234 g/mol. The summed E-state index contributed by atoms with van der Waals surface area (Å²) < 4.78 is 22.2. The minimum Gasteiger partial charge on any atom is -0.399 e. The molecule has 0 amide bonds. The topological polar surface area (TPSA) is 55.7 Å². The van der Waals surface area contributed by atoms with Crippen molar-refractivity contribution in [3.8, 4) is 0 Å². The van der Waals surface area contributed by atoms with Crippen molar-refractivity contribution in [2.24, 2.45) is 5.16 Å². The normalized spacial score (nSPS) is 11.9. The van der Waals surface area contributed by atoms with Crippen LogP contribution in [0.2, 0.25) is 0 Å². The SMILES string of the molecule is CO/N=C/c1ccccc1S(=O)(=O)Cl. The number of rotatable bonds is 3. The molecule has 0 bridgehead atoms. The van der Waals surface area contributed by atoms with E-state index in [1.165, 1.54) is 19.4 Å². The van der Waals surface area contributed by atoms with Gasteiger partial charge in [-0.1, -0.05) is 23.4 Å². The highest BCUT2D eigenvalue weighted by molar-refractivity contribution is 8.13. The Balaban J connectivity index is 3.24. The van der Waals surface area contributed by atoms with Gasteiger partial charge in [0.2, 0.25) is 0 Å². The first kappa shape index (κ1) is 11.0. The Morgan fingerprint density at radius 2 is 2.07 bits per heavy atom. The summed E-state index contributed by atoms with van der Waals surface area (Å²) in [5, 5.41) is 3.47. The Morgan fingerprint density at radius 1 is 1.43 bits per heavy atom. The highest BCUT2D eigenvalue weighted by Crippen LogP contribution is 2.17. The van der Waals surface area contributed by atoms with Gasteiger partial charge in [0.05, 0.1) is 11.1 Å². The van der Waals surface area contributed by atoms with Gasteiger partial charge in [0.25, 0.3) is 9.05 Å². The van der Waals surface area contributed by atoms with Crippen molar-refractivity contribution in [2.45, 2.75) is 4.90 Å². The van der Waals surface area contributed by atoms with E-state index in [9.17, 15) is 8.42 Å². The van der Waals surface area contributed by atoms with Crippen LogP contribution in [0.4, 0.5) is 0 Å². The maximum atomic E-state index is 11.1. The molecule has 0 heterocycles. The molecule has 1 aromatic rings. The third kappa shape index (κ3) is 2.71. The minimum atomic E-state index is -3.74. The van der Waals surface area contributed by atoms with E-state index in [4.69, 9.17) is 10.7 Å². The van der Waals surface area contributed by atoms with Crippen molar-refractivity contribution < 1.29 is 13.3 Å². The molecule has 0 aliphatic carbocycles. The number of halogens is 1. The molecule has 0 radical (unpaired) electrons. The molecule has 1 rings (SSSR count). The summed E-state index contributed by atoms with van der Waals surface area (Å²) in [6, 6.07) is 6.25. The molecule has 0 atom stereocenters. The zero-order valence-electron chi connectivity index (χ0n) is 7.34. The van der Waals surface area contributed by atoms with Crippen LogP contribution in [0.15, 0.2) is 34.3 Å². The van der Waals surface area contributed by atoms with E-state index in [1.54, 1.807) is 18.2 Å². The van der Waals surface area contributed by atoms with Crippen molar-refractivity contribution in [3.05, 3.63) is 29.8 Å². The Kier molecular flexibility index (Phi) is 3.49. The average Bonchev–Trinajstić information content (AvgIpc) is 2.14. The van der Waals surface area contributed by atoms with Crippen molar-refractivity contribution in [3.63, 3.8) is 0 Å². The molecule has 0 spiro atoms. The van der Waals surface area contributed by atoms with Gasteiger partial charge >= 0.3 is 0 Å². The highest BCUT2D eigenvalue weighted by atomic mass is 35.7. The lowest BCUT2D eigenvalue weighted by atomic mass is 10.2. The van der Waals surface area contributed by atoms with Gasteiger partial charge in [-0.15, -0.1) is 0 Å². The van der Waals surface area contributed by atoms with Gasteiger partial charge < -0.3 is 4.84 Å². The molecule has 0 fully saturated rings. The quantitative estimate of drug-likeness (QED) is 0.453. The third-order valence-electron chi connectivity index (χ3n) is 1.48. The van der Waals surface area contributed by atoms with E-state index in [-0.39, 0.29) is 4.90 Å². The van der Waals surface area contributed by atoms with Crippen LogP contribution in [0, 0.1) is 0 Å². The lowest BCUT2D eigenvalue weighted by Gasteiger charge is -1.99. The smallest absolute Gasteiger partial charge is 0.261 e. The highest BCUT2D eigenvalue weighted by Gasteiger charge is 2.13. The second kappa shape index (κ2) is 4.43. The molecule has 4 nitrogen and oxygen atoms in total. The lowest BCUT2D eigenvalue weighted by molar-refractivity contribution is 0.215. The predicted octanol–water partition coefficient (Wildman–Crippen LogP) is 1.59. The minimum absolute atomic E-state index is 0.0162. The van der Waals surface area contributed by atoms with Gasteiger partial charge in [0.1, 0.15) is 7.11 Å².